The number of fused-ring (bicyclic) bond motifs is 5. The fraction of sp³-hybridized carbons (Fsp3) is 0.696. The topological polar surface area (TPSA) is 60.4 Å². The summed E-state index contributed by atoms with van der Waals surface area (Å²) in [4.78, 5) is 36.4. The zero-order valence-electron chi connectivity index (χ0n) is 16.8. The minimum absolute atomic E-state index is 0.00749. The Labute approximate surface area is 161 Å². The third kappa shape index (κ3) is 2.37. The average Bonchev–Trinajstić information content (AvgIpc) is 2.89. The van der Waals surface area contributed by atoms with Gasteiger partial charge in [-0.15, -0.1) is 0 Å². The summed E-state index contributed by atoms with van der Waals surface area (Å²) < 4.78 is 5.80. The lowest BCUT2D eigenvalue weighted by Crippen LogP contribution is -2.58. The highest BCUT2D eigenvalue weighted by Gasteiger charge is 2.67. The highest BCUT2D eigenvalue weighted by Crippen LogP contribution is 2.67. The number of carbonyl (C=O) groups excluding carboxylic acids is 3. The molecule has 0 spiro atoms. The number of esters is 1. The number of Topliss-reactive ketones (excluding diaryl/α,β-unsaturated/α-hetero) is 1. The van der Waals surface area contributed by atoms with Crippen LogP contribution in [0.4, 0.5) is 0 Å². The molecule has 0 saturated heterocycles. The van der Waals surface area contributed by atoms with E-state index in [0.29, 0.717) is 24.2 Å². The zero-order valence-corrected chi connectivity index (χ0v) is 16.8. The Hall–Kier alpha value is -1.71. The Balaban J connectivity index is 1.71. The molecule has 146 valence electrons. The van der Waals surface area contributed by atoms with Crippen molar-refractivity contribution in [3.63, 3.8) is 0 Å². The molecule has 0 N–H and O–H groups in total. The van der Waals surface area contributed by atoms with E-state index in [1.165, 1.54) is 12.5 Å². The molecule has 0 heterocycles. The van der Waals surface area contributed by atoms with E-state index in [-0.39, 0.29) is 28.4 Å². The van der Waals surface area contributed by atoms with Crippen molar-refractivity contribution in [2.45, 2.75) is 71.8 Å². The first-order valence-corrected chi connectivity index (χ1v) is 10.3. The number of allylic oxidation sites excluding steroid dienone is 4. The van der Waals surface area contributed by atoms with Gasteiger partial charge in [-0.2, -0.15) is 0 Å². The van der Waals surface area contributed by atoms with Gasteiger partial charge in [0.15, 0.2) is 17.2 Å². The highest BCUT2D eigenvalue weighted by atomic mass is 16.6. The molecule has 0 amide bonds. The molecule has 27 heavy (non-hydrogen) atoms. The lowest BCUT2D eigenvalue weighted by molar-refractivity contribution is -0.186. The Bertz CT molecular complexity index is 777. The van der Waals surface area contributed by atoms with Gasteiger partial charge in [-0.25, -0.2) is 0 Å². The van der Waals surface area contributed by atoms with Crippen LogP contribution >= 0.6 is 0 Å². The Morgan fingerprint density at radius 2 is 1.78 bits per heavy atom. The molecule has 0 radical (unpaired) electrons. The molecule has 0 aromatic rings. The molecule has 4 heteroatoms. The monoisotopic (exact) mass is 370 g/mol. The van der Waals surface area contributed by atoms with Crippen LogP contribution in [0.3, 0.4) is 0 Å². The van der Waals surface area contributed by atoms with E-state index in [2.05, 4.69) is 19.9 Å². The summed E-state index contributed by atoms with van der Waals surface area (Å²) in [6.07, 6.45) is 11.2. The molecule has 6 atom stereocenters. The maximum Gasteiger partial charge on any atom is 0.303 e. The summed E-state index contributed by atoms with van der Waals surface area (Å²) in [6.45, 7) is 7.45. The summed E-state index contributed by atoms with van der Waals surface area (Å²) >= 11 is 0. The van der Waals surface area contributed by atoms with E-state index in [1.807, 2.05) is 6.08 Å². The van der Waals surface area contributed by atoms with Crippen LogP contribution in [0.25, 0.3) is 0 Å². The third-order valence-electron chi connectivity index (χ3n) is 8.56. The summed E-state index contributed by atoms with van der Waals surface area (Å²) in [5, 5.41) is 0. The number of ether oxygens (including phenoxy) is 1. The van der Waals surface area contributed by atoms with Crippen LogP contribution in [0.5, 0.6) is 0 Å². The van der Waals surface area contributed by atoms with Crippen LogP contribution in [0.1, 0.15) is 66.2 Å². The van der Waals surface area contributed by atoms with Gasteiger partial charge in [-0.3, -0.25) is 14.4 Å². The average molecular weight is 370 g/mol. The number of hydrogen-bond acceptors (Lipinski definition) is 4. The Morgan fingerprint density at radius 3 is 2.44 bits per heavy atom. The molecule has 4 aliphatic carbocycles. The predicted molar refractivity (Wildman–Crippen MR) is 102 cm³/mol. The second-order valence-electron chi connectivity index (χ2n) is 9.58. The summed E-state index contributed by atoms with van der Waals surface area (Å²) in [6, 6.07) is 0. The van der Waals surface area contributed by atoms with Gasteiger partial charge in [0.05, 0.1) is 0 Å². The molecule has 4 rings (SSSR count). The molecule has 4 aliphatic rings. The van der Waals surface area contributed by atoms with Crippen molar-refractivity contribution in [3.05, 3.63) is 23.8 Å². The van der Waals surface area contributed by atoms with E-state index in [0.717, 1.165) is 32.1 Å². The quantitative estimate of drug-likeness (QED) is 0.684. The number of carbonyl (C=O) groups is 3. The largest absolute Gasteiger partial charge is 0.451 e. The lowest BCUT2D eigenvalue weighted by Gasteiger charge is -2.58. The minimum atomic E-state index is -0.968. The fourth-order valence-electron chi connectivity index (χ4n) is 7.26. The van der Waals surface area contributed by atoms with Crippen molar-refractivity contribution in [3.8, 4) is 0 Å². The number of hydrogen-bond donors (Lipinski definition) is 0. The maximum atomic E-state index is 12.7. The minimum Gasteiger partial charge on any atom is -0.451 e. The summed E-state index contributed by atoms with van der Waals surface area (Å²) in [7, 11) is 0. The number of ketones is 2. The first kappa shape index (κ1) is 18.6. The fourth-order valence-corrected chi connectivity index (χ4v) is 7.26. The predicted octanol–water partition coefficient (Wildman–Crippen LogP) is 4.19. The number of rotatable bonds is 2. The van der Waals surface area contributed by atoms with Gasteiger partial charge in [0, 0.05) is 17.8 Å². The van der Waals surface area contributed by atoms with E-state index in [1.54, 1.807) is 13.0 Å². The van der Waals surface area contributed by atoms with Crippen molar-refractivity contribution in [1.82, 2.24) is 0 Å². The Kier molecular flexibility index (Phi) is 4.07. The normalized spacial score (nSPS) is 45.4. The first-order valence-electron chi connectivity index (χ1n) is 10.3. The van der Waals surface area contributed by atoms with Crippen LogP contribution < -0.4 is 0 Å². The standard InChI is InChI=1S/C23H30O4/c1-14(24)23(27-15(2)25)12-9-20-18-6-5-16-13-17(26)7-10-21(16,3)19(18)8-11-22(20,23)4/h7,10,13,18-20H,5-6,8-9,11-12H2,1-4H3/t18?,19?,20?,21?,22?,23-/m0/s1. The second-order valence-corrected chi connectivity index (χ2v) is 9.58. The maximum absolute atomic E-state index is 12.7. The Morgan fingerprint density at radius 1 is 1.07 bits per heavy atom. The molecular formula is C23H30O4. The van der Waals surface area contributed by atoms with E-state index in [4.69, 9.17) is 4.74 Å². The van der Waals surface area contributed by atoms with Crippen LogP contribution in [0, 0.1) is 28.6 Å². The lowest BCUT2D eigenvalue weighted by atomic mass is 9.47. The van der Waals surface area contributed by atoms with Gasteiger partial charge in [0.25, 0.3) is 0 Å². The summed E-state index contributed by atoms with van der Waals surface area (Å²) in [5.74, 6) is 1.10. The van der Waals surface area contributed by atoms with Crippen molar-refractivity contribution in [2.75, 3.05) is 0 Å². The van der Waals surface area contributed by atoms with Crippen molar-refractivity contribution in [1.29, 1.82) is 0 Å². The molecule has 0 bridgehead atoms. The van der Waals surface area contributed by atoms with Crippen molar-refractivity contribution in [2.24, 2.45) is 28.6 Å². The van der Waals surface area contributed by atoms with Gasteiger partial charge in [0.2, 0.25) is 0 Å². The van der Waals surface area contributed by atoms with Gasteiger partial charge >= 0.3 is 5.97 Å². The second kappa shape index (κ2) is 5.89. The zero-order chi connectivity index (χ0) is 19.6. The van der Waals surface area contributed by atoms with E-state index < -0.39 is 5.60 Å². The van der Waals surface area contributed by atoms with Gasteiger partial charge < -0.3 is 4.74 Å². The highest BCUT2D eigenvalue weighted by molar-refractivity contribution is 6.01. The molecule has 5 unspecified atom stereocenters. The van der Waals surface area contributed by atoms with Crippen LogP contribution in [-0.4, -0.2) is 23.1 Å². The molecule has 3 fully saturated rings. The van der Waals surface area contributed by atoms with Crippen molar-refractivity contribution >= 4 is 17.5 Å². The van der Waals surface area contributed by atoms with Crippen LogP contribution in [0.2, 0.25) is 0 Å². The van der Waals surface area contributed by atoms with E-state index >= 15 is 0 Å². The summed E-state index contributed by atoms with van der Waals surface area (Å²) in [5.41, 5.74) is -0.0433. The van der Waals surface area contributed by atoms with Crippen molar-refractivity contribution < 1.29 is 19.1 Å². The molecule has 0 aromatic heterocycles. The smallest absolute Gasteiger partial charge is 0.303 e. The van der Waals surface area contributed by atoms with Gasteiger partial charge in [-0.05, 0) is 75.4 Å². The van der Waals surface area contributed by atoms with Crippen LogP contribution in [-0.2, 0) is 19.1 Å². The van der Waals surface area contributed by atoms with E-state index in [9.17, 15) is 14.4 Å². The molecule has 4 nitrogen and oxygen atoms in total. The molecular weight excluding hydrogens is 340 g/mol. The third-order valence-corrected chi connectivity index (χ3v) is 8.56. The van der Waals surface area contributed by atoms with Gasteiger partial charge in [0.1, 0.15) is 0 Å². The molecule has 0 aromatic carbocycles. The molecule has 3 saturated carbocycles. The first-order chi connectivity index (χ1) is 12.6. The SMILES string of the molecule is CC(=O)O[C@]1(C(C)=O)CCC2C3CCC4=CC(=O)C=CC4(C)C3CCC21C. The van der Waals surface area contributed by atoms with Crippen LogP contribution in [0.15, 0.2) is 23.8 Å². The molecule has 0 aliphatic heterocycles. The van der Waals surface area contributed by atoms with Gasteiger partial charge in [-0.1, -0.05) is 25.5 Å².